The Morgan fingerprint density at radius 3 is 1.07 bits per heavy atom. The predicted octanol–water partition coefficient (Wildman–Crippen LogP) is 15.4. The van der Waals surface area contributed by atoms with Gasteiger partial charge in [0.05, 0.1) is 18.7 Å². The van der Waals surface area contributed by atoms with Gasteiger partial charge in [-0.15, -0.1) is 0 Å². The molecule has 0 aromatic heterocycles. The summed E-state index contributed by atoms with van der Waals surface area (Å²) >= 11 is 3.06. The van der Waals surface area contributed by atoms with Crippen LogP contribution in [0.5, 0.6) is 0 Å². The first kappa shape index (κ1) is 126. The predicted molar refractivity (Wildman–Crippen MR) is 548 cm³/mol. The Kier molecular flexibility index (Phi) is 80.7. The van der Waals surface area contributed by atoms with Crippen molar-refractivity contribution in [3.05, 3.63) is 0 Å². The van der Waals surface area contributed by atoms with E-state index in [9.17, 15) is 72.5 Å². The van der Waals surface area contributed by atoms with Crippen molar-refractivity contribution >= 4 is 101 Å². The van der Waals surface area contributed by atoms with Crippen LogP contribution in [0.1, 0.15) is 445 Å². The van der Waals surface area contributed by atoms with Gasteiger partial charge in [-0.05, 0) is 154 Å². The van der Waals surface area contributed by atoms with Crippen molar-refractivity contribution in [2.75, 3.05) is 69.7 Å². The molecule has 2 rings (SSSR count). The highest BCUT2D eigenvalue weighted by molar-refractivity contribution is 8.00. The second kappa shape index (κ2) is 87.5. The van der Waals surface area contributed by atoms with E-state index in [-0.39, 0.29) is 131 Å². The third-order valence-corrected chi connectivity index (χ3v) is 28.4. The van der Waals surface area contributed by atoms with Crippen molar-refractivity contribution in [3.8, 4) is 0 Å². The summed E-state index contributed by atoms with van der Waals surface area (Å²) in [5.74, 6) is -5.94. The zero-order chi connectivity index (χ0) is 99.3. The Balaban J connectivity index is 2.14. The van der Waals surface area contributed by atoms with Crippen LogP contribution in [-0.4, -0.2) is 217 Å². The summed E-state index contributed by atoms with van der Waals surface area (Å²) in [4.78, 5) is 175. The van der Waals surface area contributed by atoms with Gasteiger partial charge in [0.25, 0.3) is 0 Å². The fraction of sp³-hybridized carbons (Fsp3) is 0.874. The summed E-state index contributed by atoms with van der Waals surface area (Å²) in [6.45, 7) is 7.62. The molecule has 2 heterocycles. The van der Waals surface area contributed by atoms with E-state index in [1.165, 1.54) is 172 Å². The molecule has 2 saturated heterocycles. The van der Waals surface area contributed by atoms with Gasteiger partial charge in [-0.3, -0.25) is 52.7 Å². The van der Waals surface area contributed by atoms with Gasteiger partial charge in [0.15, 0.2) is 0 Å². The van der Waals surface area contributed by atoms with Gasteiger partial charge in [0.2, 0.25) is 53.2 Å². The molecule has 0 bridgehead atoms. The number of esters is 2. The van der Waals surface area contributed by atoms with Crippen LogP contribution >= 0.6 is 23.5 Å². The highest BCUT2D eigenvalue weighted by Gasteiger charge is 2.43. The zero-order valence-electron chi connectivity index (χ0n) is 84.8. The first-order valence-corrected chi connectivity index (χ1v) is 56.5. The van der Waals surface area contributed by atoms with Crippen molar-refractivity contribution in [2.24, 2.45) is 17.2 Å². The average Bonchev–Trinajstić information content (AvgIpc) is 1.66. The van der Waals surface area contributed by atoms with E-state index in [1.54, 1.807) is 0 Å². The number of aliphatic hydroxyl groups excluding tert-OH is 1. The van der Waals surface area contributed by atoms with Crippen LogP contribution in [0, 0.1) is 0 Å². The number of nitrogens with two attached hydrogens (primary N) is 3. The lowest BCUT2D eigenvalue weighted by atomic mass is 10.0. The Morgan fingerprint density at radius 1 is 0.360 bits per heavy atom. The number of hydrogen-bond donors (Lipinski definition) is 16. The van der Waals surface area contributed by atoms with Crippen molar-refractivity contribution in [3.63, 3.8) is 0 Å². The first-order chi connectivity index (χ1) is 66.1. The van der Waals surface area contributed by atoms with Gasteiger partial charge in [-0.1, -0.05) is 271 Å². The van der Waals surface area contributed by atoms with Gasteiger partial charge in [0, 0.05) is 80.7 Å². The van der Waals surface area contributed by atoms with E-state index in [1.807, 2.05) is 11.8 Å². The fourth-order valence-corrected chi connectivity index (χ4v) is 19.8. The summed E-state index contributed by atoms with van der Waals surface area (Å²) in [6.07, 6.45) is 55.5. The number of nitrogens with one attached hydrogen (secondary N) is 11. The van der Waals surface area contributed by atoms with E-state index in [2.05, 4.69) is 79.3 Å². The van der Waals surface area contributed by atoms with Gasteiger partial charge in [-0.25, -0.2) is 9.59 Å². The number of ether oxygens (including phenoxy) is 2. The van der Waals surface area contributed by atoms with Gasteiger partial charge in [-0.2, -0.15) is 23.5 Å². The Morgan fingerprint density at radius 2 is 0.676 bits per heavy atom. The Bertz CT molecular complexity index is 3160. The smallest absolute Gasteiger partial charge is 0.326 e. The zero-order valence-corrected chi connectivity index (χ0v) is 86.4. The van der Waals surface area contributed by atoms with Crippen LogP contribution in [0.4, 0.5) is 4.79 Å². The van der Waals surface area contributed by atoms with Crippen LogP contribution in [0.15, 0.2) is 0 Å². The molecule has 0 aliphatic carbocycles. The molecule has 1 unspecified atom stereocenters. The van der Waals surface area contributed by atoms with Crippen molar-refractivity contribution < 1.29 is 82.0 Å². The third-order valence-electron chi connectivity index (χ3n) is 25.7. The minimum absolute atomic E-state index is 0.00136. The molecule has 0 saturated carbocycles. The molecular weight excluding hydrogens is 1770 g/mol. The summed E-state index contributed by atoms with van der Waals surface area (Å²) < 4.78 is 11.8. The molecule has 10 atom stereocenters. The van der Waals surface area contributed by atoms with Crippen LogP contribution in [0.25, 0.3) is 0 Å². The van der Waals surface area contributed by atoms with Crippen LogP contribution in [-0.2, 0) is 67.0 Å². The minimum Gasteiger partial charge on any atom is -0.480 e. The molecule has 0 aromatic rings. The Labute approximate surface area is 827 Å². The molecule has 0 radical (unpaired) electrons. The highest BCUT2D eigenvalue weighted by atomic mass is 32.2. The van der Waals surface area contributed by atoms with Crippen molar-refractivity contribution in [1.29, 1.82) is 0 Å². The lowest BCUT2D eigenvalue weighted by molar-refractivity contribution is -0.157. The maximum atomic E-state index is 14.7. The number of carbonyl (C=O) groups is 13. The van der Waals surface area contributed by atoms with E-state index >= 15 is 0 Å². The summed E-state index contributed by atoms with van der Waals surface area (Å²) in [7, 11) is 0. The summed E-state index contributed by atoms with van der Waals surface area (Å²) in [5, 5.41) is 52.6. The number of carboxylic acids is 1. The maximum Gasteiger partial charge on any atom is 0.326 e. The largest absolute Gasteiger partial charge is 0.480 e. The van der Waals surface area contributed by atoms with E-state index < -0.39 is 102 Å². The van der Waals surface area contributed by atoms with E-state index in [4.69, 9.17) is 26.7 Å². The maximum absolute atomic E-state index is 14.7. The molecule has 2 aliphatic rings. The van der Waals surface area contributed by atoms with E-state index in [0.717, 1.165) is 115 Å². The number of unbranched alkanes of at least 4 members (excludes halogenated alkanes) is 45. The number of aliphatic carboxylic acids is 1. The molecule has 0 spiro atoms. The average molecular weight is 1960 g/mol. The van der Waals surface area contributed by atoms with Gasteiger partial charge < -0.3 is 95.4 Å². The van der Waals surface area contributed by atoms with E-state index in [0.29, 0.717) is 121 Å². The van der Waals surface area contributed by atoms with Crippen LogP contribution in [0.3, 0.4) is 0 Å². The Hall–Kier alpha value is -6.55. The molecule has 788 valence electrons. The highest BCUT2D eigenvalue weighted by Crippen LogP contribution is 2.33. The number of aliphatic hydroxyl groups is 1. The summed E-state index contributed by atoms with van der Waals surface area (Å²) in [6, 6.07) is -7.97. The number of urea groups is 1. The molecule has 19 N–H and O–H groups in total. The van der Waals surface area contributed by atoms with Gasteiger partial charge >= 0.3 is 23.9 Å². The number of thioether (sulfide) groups is 2. The molecule has 33 heteroatoms. The number of fused-ring (bicyclic) bond motifs is 1. The van der Waals surface area contributed by atoms with Crippen LogP contribution < -0.4 is 75.7 Å². The van der Waals surface area contributed by atoms with Crippen molar-refractivity contribution in [1.82, 2.24) is 58.5 Å². The minimum atomic E-state index is -1.66. The molecule has 31 nitrogen and oxygen atoms in total. The number of hydrogen-bond acceptors (Lipinski definition) is 21. The molecule has 0 aromatic carbocycles. The van der Waals surface area contributed by atoms with Gasteiger partial charge in [0.1, 0.15) is 49.0 Å². The second-order valence-electron chi connectivity index (χ2n) is 38.1. The molecular formula is C103H192N14O17S2. The first-order valence-electron chi connectivity index (χ1n) is 54.3. The number of amides is 11. The molecule has 2 aliphatic heterocycles. The van der Waals surface area contributed by atoms with Crippen LogP contribution in [0.2, 0.25) is 0 Å². The number of carbonyl (C=O) groups excluding carboxylic acids is 12. The lowest BCUT2D eigenvalue weighted by Crippen LogP contribution is -2.60. The third kappa shape index (κ3) is 68.5. The normalized spacial score (nSPS) is 15.4. The monoisotopic (exact) mass is 1960 g/mol. The fourth-order valence-electron chi connectivity index (χ4n) is 17.2. The second-order valence-corrected chi connectivity index (χ2v) is 40.5. The lowest BCUT2D eigenvalue weighted by Gasteiger charge is -2.27. The summed E-state index contributed by atoms with van der Waals surface area (Å²) in [5.41, 5.74) is 17.7. The topological polar surface area (TPSA) is 491 Å². The number of rotatable bonds is 96. The SMILES string of the molecule is CCCCCCCCCCCCCCCC(=O)N[C@@H](CSCC(COC(=O)CCCCCCCCCCCCCCC)OC(=O)CCCCCCCCCCCCCCC)C(=O)N[C@@H](CO)C(=O)N[C@@H](CCCCN)C(=O)N[C@@H](CCCCN)C(=O)N[C@@H](CCCCN)C(=O)N[C@@H](CCCCNC(=O)CCCCCNC(=O)CCCCCNC(=O)CCCC[C@@H]1SC[C@@H]2NC(=O)N[C@@H]21)C(=O)O. The van der Waals surface area contributed by atoms with Crippen molar-refractivity contribution in [2.45, 2.75) is 504 Å². The quantitative estimate of drug-likeness (QED) is 0.0153. The molecule has 11 amide bonds. The molecule has 136 heavy (non-hydrogen) atoms. The standard InChI is InChI=1S/C103H192N14O17S2/c1-4-7-10-13-16-19-22-25-28-31-34-37-42-67-93(122)110-88(79-135-78-81(134-95(124)69-46-39-36-33-30-27-24-21-18-15-12-9-6-3)77-133-94(123)68-45-38-35-32-29-26-23-20-17-14-11-8-5-2)101(129)115-86(76-118)100(128)113-83(60-50-54-71-105)98(126)111-82(59-49-53-70-104)97(125)112-84(61-51-55-72-106)99(127)114-85(102(130)131)62-52-58-75-109-91(120)65-44-41-56-73-107-90(119)64-43-40-57-74-108-92(121)66-48-47-63-89-96-87(80-136-89)116-103(132)117-96/h81-89,96,118H,4-80,104-106H2,1-3H3,(H,107,119)(H,108,121)(H,109,120)(H,110,122)(H,111,126)(H,112,125)(H,113,128)(H,114,127)(H,115,129)(H,130,131)(H2,116,117,132)/t81?,82-,83-,84-,85-,86-,87-,88-,89-,96-/m0/s1. The molecule has 2 fully saturated rings. The number of carboxylic acid groups (broad SMARTS) is 1.